The number of carbonyl (C=O) groups excluding carboxylic acids is 1. The van der Waals surface area contributed by atoms with Gasteiger partial charge in [0.1, 0.15) is 5.82 Å². The second-order valence-corrected chi connectivity index (χ2v) is 5.71. The number of carboxylic acids is 1. The Morgan fingerprint density at radius 1 is 1.38 bits per heavy atom. The highest BCUT2D eigenvalue weighted by Crippen LogP contribution is 2.23. The van der Waals surface area contributed by atoms with E-state index in [2.05, 4.69) is 0 Å². The first-order chi connectivity index (χ1) is 9.95. The zero-order valence-corrected chi connectivity index (χ0v) is 12.1. The van der Waals surface area contributed by atoms with Gasteiger partial charge in [-0.05, 0) is 55.9 Å². The predicted octanol–water partition coefficient (Wildman–Crippen LogP) is 2.85. The van der Waals surface area contributed by atoms with Crippen LogP contribution in [0.2, 0.25) is 0 Å². The number of carbonyl (C=O) groups is 2. The molecule has 0 radical (unpaired) electrons. The van der Waals surface area contributed by atoms with Gasteiger partial charge >= 0.3 is 5.97 Å². The normalized spacial score (nSPS) is 18.6. The minimum absolute atomic E-state index is 0.131. The van der Waals surface area contributed by atoms with E-state index in [1.165, 1.54) is 12.1 Å². The zero-order chi connectivity index (χ0) is 15.4. The van der Waals surface area contributed by atoms with Crippen molar-refractivity contribution in [1.29, 1.82) is 0 Å². The van der Waals surface area contributed by atoms with Crippen LogP contribution in [-0.4, -0.2) is 35.0 Å². The number of aryl methyl sites for hydroxylation is 1. The van der Waals surface area contributed by atoms with Crippen LogP contribution in [0.3, 0.4) is 0 Å². The van der Waals surface area contributed by atoms with Gasteiger partial charge in [-0.2, -0.15) is 0 Å². The first-order valence-electron chi connectivity index (χ1n) is 7.24. The number of nitrogens with zero attached hydrogens (tertiary/aromatic N) is 1. The van der Waals surface area contributed by atoms with Crippen molar-refractivity contribution in [2.45, 2.75) is 32.6 Å². The summed E-state index contributed by atoms with van der Waals surface area (Å²) in [6.45, 7) is 2.96. The van der Waals surface area contributed by atoms with Crippen molar-refractivity contribution >= 4 is 11.9 Å². The molecule has 1 atom stereocenters. The lowest BCUT2D eigenvalue weighted by molar-refractivity contribution is -0.137. The highest BCUT2D eigenvalue weighted by atomic mass is 19.1. The number of carboxylic acid groups (broad SMARTS) is 1. The first kappa shape index (κ1) is 15.5. The van der Waals surface area contributed by atoms with Crippen LogP contribution in [0.1, 0.15) is 41.6 Å². The van der Waals surface area contributed by atoms with Crippen molar-refractivity contribution in [2.24, 2.45) is 5.92 Å². The molecule has 114 valence electrons. The molecule has 0 spiro atoms. The van der Waals surface area contributed by atoms with Crippen molar-refractivity contribution in [2.75, 3.05) is 13.1 Å². The molecule has 0 bridgehead atoms. The van der Waals surface area contributed by atoms with E-state index in [-0.39, 0.29) is 18.2 Å². The Balaban J connectivity index is 2.03. The second-order valence-electron chi connectivity index (χ2n) is 5.71. The van der Waals surface area contributed by atoms with Gasteiger partial charge < -0.3 is 10.0 Å². The summed E-state index contributed by atoms with van der Waals surface area (Å²) in [6.07, 6.45) is 2.52. The summed E-state index contributed by atoms with van der Waals surface area (Å²) < 4.78 is 13.4. The molecule has 1 amide bonds. The van der Waals surface area contributed by atoms with E-state index in [4.69, 9.17) is 5.11 Å². The third-order valence-corrected chi connectivity index (χ3v) is 3.86. The minimum atomic E-state index is -0.806. The fourth-order valence-corrected chi connectivity index (χ4v) is 2.86. The zero-order valence-electron chi connectivity index (χ0n) is 12.1. The van der Waals surface area contributed by atoms with Gasteiger partial charge in [0.2, 0.25) is 0 Å². The van der Waals surface area contributed by atoms with Crippen molar-refractivity contribution in [1.82, 2.24) is 4.90 Å². The van der Waals surface area contributed by atoms with E-state index in [1.807, 2.05) is 0 Å². The predicted molar refractivity (Wildman–Crippen MR) is 76.6 cm³/mol. The number of aliphatic carboxylic acids is 1. The molecule has 4 nitrogen and oxygen atoms in total. The third-order valence-electron chi connectivity index (χ3n) is 3.86. The smallest absolute Gasteiger partial charge is 0.303 e. The van der Waals surface area contributed by atoms with Gasteiger partial charge in [0.05, 0.1) is 0 Å². The summed E-state index contributed by atoms with van der Waals surface area (Å²) in [4.78, 5) is 24.8. The van der Waals surface area contributed by atoms with E-state index in [9.17, 15) is 14.0 Å². The third kappa shape index (κ3) is 4.28. The standard InChI is InChI=1S/C16H20FNO3/c1-11-7-13(9-14(17)8-11)16(21)18-6-2-3-12(10-18)4-5-15(19)20/h7-9,12H,2-6,10H2,1H3,(H,19,20)/t12-/m0/s1. The van der Waals surface area contributed by atoms with E-state index in [1.54, 1.807) is 17.9 Å². The van der Waals surface area contributed by atoms with E-state index < -0.39 is 11.8 Å². The summed E-state index contributed by atoms with van der Waals surface area (Å²) in [5.74, 6) is -1.16. The second kappa shape index (κ2) is 6.70. The summed E-state index contributed by atoms with van der Waals surface area (Å²) in [6, 6.07) is 4.34. The van der Waals surface area contributed by atoms with E-state index >= 15 is 0 Å². The molecule has 5 heteroatoms. The maximum atomic E-state index is 13.4. The molecular formula is C16H20FNO3. The van der Waals surface area contributed by atoms with E-state index in [0.29, 0.717) is 25.1 Å². The molecule has 0 unspecified atom stereocenters. The Bertz CT molecular complexity index is 524. The van der Waals surface area contributed by atoms with Crippen LogP contribution < -0.4 is 0 Å². The van der Waals surface area contributed by atoms with Crippen molar-refractivity contribution in [3.63, 3.8) is 0 Å². The number of likely N-dealkylation sites (tertiary alicyclic amines) is 1. The summed E-state index contributed by atoms with van der Waals surface area (Å²) in [5.41, 5.74) is 1.09. The van der Waals surface area contributed by atoms with Crippen LogP contribution in [0.4, 0.5) is 4.39 Å². The molecule has 1 saturated heterocycles. The number of hydrogen-bond donors (Lipinski definition) is 1. The summed E-state index contributed by atoms with van der Waals surface area (Å²) in [7, 11) is 0. The van der Waals surface area contributed by atoms with Crippen LogP contribution in [0.25, 0.3) is 0 Å². The molecule has 1 N–H and O–H groups in total. The minimum Gasteiger partial charge on any atom is -0.481 e. The number of benzene rings is 1. The molecule has 0 aliphatic carbocycles. The lowest BCUT2D eigenvalue weighted by Crippen LogP contribution is -2.40. The van der Waals surface area contributed by atoms with Crippen LogP contribution in [0.5, 0.6) is 0 Å². The first-order valence-corrected chi connectivity index (χ1v) is 7.24. The van der Waals surface area contributed by atoms with Gasteiger partial charge in [-0.25, -0.2) is 4.39 Å². The molecule has 1 aliphatic rings. The van der Waals surface area contributed by atoms with Gasteiger partial charge in [0.15, 0.2) is 0 Å². The lowest BCUT2D eigenvalue weighted by atomic mass is 9.93. The average Bonchev–Trinajstić information content (AvgIpc) is 2.43. The van der Waals surface area contributed by atoms with Crippen LogP contribution in [0, 0.1) is 18.7 Å². The van der Waals surface area contributed by atoms with Gasteiger partial charge in [0.25, 0.3) is 5.91 Å². The topological polar surface area (TPSA) is 57.6 Å². The average molecular weight is 293 g/mol. The number of rotatable bonds is 4. The molecule has 1 aliphatic heterocycles. The van der Waals surface area contributed by atoms with Gasteiger partial charge in [-0.1, -0.05) is 0 Å². The van der Waals surface area contributed by atoms with Crippen LogP contribution in [-0.2, 0) is 4.79 Å². The van der Waals surface area contributed by atoms with Crippen molar-refractivity contribution in [3.8, 4) is 0 Å². The molecule has 2 rings (SSSR count). The van der Waals surface area contributed by atoms with Gasteiger partial charge in [-0.3, -0.25) is 9.59 Å². The Hall–Kier alpha value is -1.91. The van der Waals surface area contributed by atoms with Crippen molar-refractivity contribution in [3.05, 3.63) is 35.1 Å². The van der Waals surface area contributed by atoms with E-state index in [0.717, 1.165) is 18.4 Å². The fraction of sp³-hybridized carbons (Fsp3) is 0.500. The SMILES string of the molecule is Cc1cc(F)cc(C(=O)N2CCC[C@@H](CCC(=O)O)C2)c1. The highest BCUT2D eigenvalue weighted by Gasteiger charge is 2.25. The molecule has 1 heterocycles. The number of amides is 1. The number of hydrogen-bond acceptors (Lipinski definition) is 2. The Kier molecular flexibility index (Phi) is 4.94. The molecular weight excluding hydrogens is 273 g/mol. The summed E-state index contributed by atoms with van der Waals surface area (Å²) in [5, 5.41) is 8.74. The molecule has 1 aromatic rings. The number of halogens is 1. The largest absolute Gasteiger partial charge is 0.481 e. The Morgan fingerprint density at radius 2 is 2.14 bits per heavy atom. The quantitative estimate of drug-likeness (QED) is 0.928. The molecule has 1 aromatic carbocycles. The van der Waals surface area contributed by atoms with Gasteiger partial charge in [-0.15, -0.1) is 0 Å². The van der Waals surface area contributed by atoms with Crippen LogP contribution in [0.15, 0.2) is 18.2 Å². The highest BCUT2D eigenvalue weighted by molar-refractivity contribution is 5.94. The summed E-state index contributed by atoms with van der Waals surface area (Å²) >= 11 is 0. The number of piperidine rings is 1. The molecule has 21 heavy (non-hydrogen) atoms. The molecule has 1 fully saturated rings. The Morgan fingerprint density at radius 3 is 2.81 bits per heavy atom. The molecule has 0 aromatic heterocycles. The fourth-order valence-electron chi connectivity index (χ4n) is 2.86. The van der Waals surface area contributed by atoms with Gasteiger partial charge in [0, 0.05) is 25.1 Å². The maximum Gasteiger partial charge on any atom is 0.303 e. The van der Waals surface area contributed by atoms with Crippen LogP contribution >= 0.6 is 0 Å². The lowest BCUT2D eigenvalue weighted by Gasteiger charge is -2.32. The van der Waals surface area contributed by atoms with Crippen molar-refractivity contribution < 1.29 is 19.1 Å². The maximum absolute atomic E-state index is 13.4. The Labute approximate surface area is 123 Å². The molecule has 0 saturated carbocycles. The monoisotopic (exact) mass is 293 g/mol.